The standard InChI is InChI=1S/C12H12FN3/c13-11-8-15-12(16-9-11)14-7-6-10-4-2-1-3-5-10/h1-5,8-9H,6-7H2,(H,14,15,16). The molecule has 3 nitrogen and oxygen atoms in total. The maximum absolute atomic E-state index is 12.5. The van der Waals surface area contributed by atoms with Crippen LogP contribution in [0.5, 0.6) is 0 Å². The van der Waals surface area contributed by atoms with E-state index < -0.39 is 5.82 Å². The molecule has 0 saturated heterocycles. The highest BCUT2D eigenvalue weighted by molar-refractivity contribution is 5.24. The first-order valence-corrected chi connectivity index (χ1v) is 5.10. The van der Waals surface area contributed by atoms with Crippen LogP contribution in [0.15, 0.2) is 42.7 Å². The summed E-state index contributed by atoms with van der Waals surface area (Å²) in [6.07, 6.45) is 3.19. The van der Waals surface area contributed by atoms with Gasteiger partial charge < -0.3 is 5.32 Å². The number of rotatable bonds is 4. The molecule has 0 saturated carbocycles. The third-order valence-corrected chi connectivity index (χ3v) is 2.16. The zero-order valence-electron chi connectivity index (χ0n) is 8.73. The second-order valence-electron chi connectivity index (χ2n) is 3.39. The summed E-state index contributed by atoms with van der Waals surface area (Å²) in [6, 6.07) is 10.1. The number of halogens is 1. The number of hydrogen-bond acceptors (Lipinski definition) is 3. The van der Waals surface area contributed by atoms with Crippen LogP contribution < -0.4 is 5.32 Å². The molecule has 1 heterocycles. The van der Waals surface area contributed by atoms with Crippen molar-refractivity contribution in [3.63, 3.8) is 0 Å². The Labute approximate surface area is 93.4 Å². The Hall–Kier alpha value is -1.97. The van der Waals surface area contributed by atoms with E-state index in [9.17, 15) is 4.39 Å². The molecule has 2 aromatic rings. The van der Waals surface area contributed by atoms with Gasteiger partial charge in [0.1, 0.15) is 0 Å². The van der Waals surface area contributed by atoms with Gasteiger partial charge in [0, 0.05) is 6.54 Å². The van der Waals surface area contributed by atoms with Crippen molar-refractivity contribution in [2.75, 3.05) is 11.9 Å². The van der Waals surface area contributed by atoms with Gasteiger partial charge in [-0.2, -0.15) is 0 Å². The molecule has 0 aliphatic rings. The van der Waals surface area contributed by atoms with Gasteiger partial charge in [-0.05, 0) is 12.0 Å². The van der Waals surface area contributed by atoms with E-state index in [0.717, 1.165) is 25.4 Å². The minimum absolute atomic E-state index is 0.423. The summed E-state index contributed by atoms with van der Waals surface area (Å²) >= 11 is 0. The molecular formula is C12H12FN3. The second-order valence-corrected chi connectivity index (χ2v) is 3.39. The van der Waals surface area contributed by atoms with Crippen molar-refractivity contribution in [2.24, 2.45) is 0 Å². The van der Waals surface area contributed by atoms with E-state index >= 15 is 0 Å². The first kappa shape index (κ1) is 10.5. The molecule has 0 aliphatic carbocycles. The van der Waals surface area contributed by atoms with E-state index in [-0.39, 0.29) is 0 Å². The Balaban J connectivity index is 1.82. The Morgan fingerprint density at radius 1 is 1.06 bits per heavy atom. The number of benzene rings is 1. The topological polar surface area (TPSA) is 37.8 Å². The van der Waals surface area contributed by atoms with Crippen molar-refractivity contribution in [3.8, 4) is 0 Å². The fourth-order valence-electron chi connectivity index (χ4n) is 1.37. The molecule has 1 aromatic carbocycles. The molecule has 2 rings (SSSR count). The average Bonchev–Trinajstić information content (AvgIpc) is 2.33. The van der Waals surface area contributed by atoms with Gasteiger partial charge in [0.25, 0.3) is 0 Å². The van der Waals surface area contributed by atoms with Crippen LogP contribution in [0, 0.1) is 5.82 Å². The molecule has 0 aliphatic heterocycles. The van der Waals surface area contributed by atoms with Crippen molar-refractivity contribution >= 4 is 5.95 Å². The second kappa shape index (κ2) is 5.21. The van der Waals surface area contributed by atoms with Crippen LogP contribution in [0.25, 0.3) is 0 Å². The summed E-state index contributed by atoms with van der Waals surface area (Å²) < 4.78 is 12.5. The fraction of sp³-hybridized carbons (Fsp3) is 0.167. The van der Waals surface area contributed by atoms with Crippen LogP contribution in [0.1, 0.15) is 5.56 Å². The molecule has 0 amide bonds. The molecule has 0 bridgehead atoms. The smallest absolute Gasteiger partial charge is 0.222 e. The summed E-state index contributed by atoms with van der Waals surface area (Å²) in [7, 11) is 0. The molecule has 82 valence electrons. The van der Waals surface area contributed by atoms with E-state index in [1.807, 2.05) is 18.2 Å². The fourth-order valence-corrected chi connectivity index (χ4v) is 1.37. The Kier molecular flexibility index (Phi) is 3.43. The highest BCUT2D eigenvalue weighted by Gasteiger charge is 1.96. The van der Waals surface area contributed by atoms with E-state index in [1.165, 1.54) is 5.56 Å². The van der Waals surface area contributed by atoms with E-state index in [2.05, 4.69) is 27.4 Å². The number of nitrogens with one attached hydrogen (secondary N) is 1. The zero-order valence-corrected chi connectivity index (χ0v) is 8.73. The number of nitrogens with zero attached hydrogens (tertiary/aromatic N) is 2. The minimum atomic E-state index is -0.423. The molecular weight excluding hydrogens is 205 g/mol. The average molecular weight is 217 g/mol. The van der Waals surface area contributed by atoms with Gasteiger partial charge in [0.15, 0.2) is 5.82 Å². The molecule has 0 atom stereocenters. The first-order chi connectivity index (χ1) is 7.84. The van der Waals surface area contributed by atoms with Crippen LogP contribution in [0.3, 0.4) is 0 Å². The third-order valence-electron chi connectivity index (χ3n) is 2.16. The summed E-state index contributed by atoms with van der Waals surface area (Å²) in [5.41, 5.74) is 1.25. The van der Waals surface area contributed by atoms with Crippen molar-refractivity contribution in [2.45, 2.75) is 6.42 Å². The molecule has 1 aromatic heterocycles. The van der Waals surface area contributed by atoms with Crippen molar-refractivity contribution in [1.82, 2.24) is 9.97 Å². The van der Waals surface area contributed by atoms with Crippen LogP contribution in [-0.4, -0.2) is 16.5 Å². The van der Waals surface area contributed by atoms with Gasteiger partial charge >= 0.3 is 0 Å². The predicted octanol–water partition coefficient (Wildman–Crippen LogP) is 2.27. The molecule has 4 heteroatoms. The van der Waals surface area contributed by atoms with Gasteiger partial charge in [-0.3, -0.25) is 0 Å². The quantitative estimate of drug-likeness (QED) is 0.853. The Bertz CT molecular complexity index is 428. The normalized spacial score (nSPS) is 10.1. The molecule has 0 unspecified atom stereocenters. The number of aromatic nitrogens is 2. The molecule has 0 radical (unpaired) electrons. The van der Waals surface area contributed by atoms with Crippen LogP contribution >= 0.6 is 0 Å². The summed E-state index contributed by atoms with van der Waals surface area (Å²) in [4.78, 5) is 7.62. The van der Waals surface area contributed by atoms with Gasteiger partial charge in [0.2, 0.25) is 5.95 Å². The maximum atomic E-state index is 12.5. The number of anilines is 1. The summed E-state index contributed by atoms with van der Waals surface area (Å²) in [6.45, 7) is 0.732. The molecule has 0 fully saturated rings. The molecule has 1 N–H and O–H groups in total. The van der Waals surface area contributed by atoms with Crippen molar-refractivity contribution in [3.05, 3.63) is 54.1 Å². The van der Waals surface area contributed by atoms with Crippen molar-refractivity contribution < 1.29 is 4.39 Å². The Morgan fingerprint density at radius 3 is 2.44 bits per heavy atom. The summed E-state index contributed by atoms with van der Waals surface area (Å²) in [5.74, 6) is 0.0333. The predicted molar refractivity (Wildman–Crippen MR) is 60.6 cm³/mol. The minimum Gasteiger partial charge on any atom is -0.354 e. The number of hydrogen-bond donors (Lipinski definition) is 1. The Morgan fingerprint density at radius 2 is 1.75 bits per heavy atom. The van der Waals surface area contributed by atoms with Gasteiger partial charge in [-0.15, -0.1) is 0 Å². The molecule has 16 heavy (non-hydrogen) atoms. The van der Waals surface area contributed by atoms with Crippen molar-refractivity contribution in [1.29, 1.82) is 0 Å². The largest absolute Gasteiger partial charge is 0.354 e. The van der Waals surface area contributed by atoms with Crippen LogP contribution in [0.4, 0.5) is 10.3 Å². The van der Waals surface area contributed by atoms with Crippen LogP contribution in [0.2, 0.25) is 0 Å². The van der Waals surface area contributed by atoms with E-state index in [0.29, 0.717) is 5.95 Å². The van der Waals surface area contributed by atoms with E-state index in [4.69, 9.17) is 0 Å². The van der Waals surface area contributed by atoms with E-state index in [1.54, 1.807) is 0 Å². The lowest BCUT2D eigenvalue weighted by Crippen LogP contribution is -2.07. The monoisotopic (exact) mass is 217 g/mol. The highest BCUT2D eigenvalue weighted by atomic mass is 19.1. The lowest BCUT2D eigenvalue weighted by Gasteiger charge is -2.03. The first-order valence-electron chi connectivity index (χ1n) is 5.10. The zero-order chi connectivity index (χ0) is 11.2. The SMILES string of the molecule is Fc1cnc(NCCc2ccccc2)nc1. The highest BCUT2D eigenvalue weighted by Crippen LogP contribution is 2.01. The third kappa shape index (κ3) is 3.02. The molecule has 0 spiro atoms. The lowest BCUT2D eigenvalue weighted by atomic mass is 10.1. The van der Waals surface area contributed by atoms with Gasteiger partial charge in [-0.25, -0.2) is 14.4 Å². The van der Waals surface area contributed by atoms with Gasteiger partial charge in [0.05, 0.1) is 12.4 Å². The van der Waals surface area contributed by atoms with Gasteiger partial charge in [-0.1, -0.05) is 30.3 Å². The lowest BCUT2D eigenvalue weighted by molar-refractivity contribution is 0.614. The van der Waals surface area contributed by atoms with Crippen LogP contribution in [-0.2, 0) is 6.42 Å². The summed E-state index contributed by atoms with van der Waals surface area (Å²) in [5, 5.41) is 3.03. The maximum Gasteiger partial charge on any atom is 0.222 e.